The molecular formula is C14H13NO2S. The Bertz CT molecular complexity index is 597. The monoisotopic (exact) mass is 259 g/mol. The highest BCUT2D eigenvalue weighted by molar-refractivity contribution is 7.20. The molecule has 1 unspecified atom stereocenters. The number of hydrogen-bond acceptors (Lipinski definition) is 4. The molecule has 0 N–H and O–H groups in total. The minimum Gasteiger partial charge on any atom is -0.405 e. The van der Waals surface area contributed by atoms with E-state index in [4.69, 9.17) is 4.74 Å². The summed E-state index contributed by atoms with van der Waals surface area (Å²) in [7, 11) is 0. The van der Waals surface area contributed by atoms with E-state index in [-0.39, 0.29) is 12.0 Å². The van der Waals surface area contributed by atoms with E-state index in [9.17, 15) is 4.79 Å². The molecule has 0 aliphatic carbocycles. The maximum Gasteiger partial charge on any atom is 0.337 e. The van der Waals surface area contributed by atoms with Crippen LogP contribution in [0.2, 0.25) is 0 Å². The van der Waals surface area contributed by atoms with Gasteiger partial charge in [0, 0.05) is 4.70 Å². The number of thiophene rings is 1. The van der Waals surface area contributed by atoms with E-state index in [1.165, 1.54) is 4.70 Å². The molecule has 1 aromatic carbocycles. The number of cyclic esters (lactones) is 1. The third-order valence-electron chi connectivity index (χ3n) is 2.94. The summed E-state index contributed by atoms with van der Waals surface area (Å²) >= 11 is 1.61. The van der Waals surface area contributed by atoms with Gasteiger partial charge < -0.3 is 4.74 Å². The summed E-state index contributed by atoms with van der Waals surface area (Å²) in [5.41, 5.74) is 0. The second-order valence-corrected chi connectivity index (χ2v) is 5.39. The normalized spacial score (nSPS) is 19.1. The van der Waals surface area contributed by atoms with Crippen LogP contribution in [-0.2, 0) is 9.53 Å². The standard InChI is InChI=1S/C14H13NO2S/c1-2-5-10-14(16)17-13(15-10)12-8-9-6-3-4-7-11(9)18-12/h3-4,6-8,10H,2,5H2,1H3. The van der Waals surface area contributed by atoms with Crippen LogP contribution in [0.15, 0.2) is 35.3 Å². The first-order valence-electron chi connectivity index (χ1n) is 6.06. The van der Waals surface area contributed by atoms with Crippen molar-refractivity contribution in [3.63, 3.8) is 0 Å². The molecule has 0 fully saturated rings. The molecule has 1 aromatic heterocycles. The van der Waals surface area contributed by atoms with Crippen LogP contribution < -0.4 is 0 Å². The predicted octanol–water partition coefficient (Wildman–Crippen LogP) is 3.37. The molecule has 0 saturated carbocycles. The summed E-state index contributed by atoms with van der Waals surface area (Å²) in [4.78, 5) is 16.9. The number of esters is 1. The van der Waals surface area contributed by atoms with Crippen molar-refractivity contribution in [1.82, 2.24) is 0 Å². The zero-order chi connectivity index (χ0) is 12.5. The van der Waals surface area contributed by atoms with Gasteiger partial charge >= 0.3 is 5.97 Å². The van der Waals surface area contributed by atoms with Crippen LogP contribution >= 0.6 is 11.3 Å². The number of carbonyl (C=O) groups excluding carboxylic acids is 1. The van der Waals surface area contributed by atoms with Crippen LogP contribution in [0.4, 0.5) is 0 Å². The van der Waals surface area contributed by atoms with Gasteiger partial charge in [-0.05, 0) is 23.9 Å². The van der Waals surface area contributed by atoms with Crippen molar-refractivity contribution in [2.24, 2.45) is 4.99 Å². The van der Waals surface area contributed by atoms with E-state index in [2.05, 4.69) is 17.1 Å². The van der Waals surface area contributed by atoms with Gasteiger partial charge in [-0.15, -0.1) is 11.3 Å². The molecule has 0 bridgehead atoms. The highest BCUT2D eigenvalue weighted by Gasteiger charge is 2.29. The number of hydrogen-bond donors (Lipinski definition) is 0. The number of aliphatic imine (C=N–C) groups is 1. The van der Waals surface area contributed by atoms with Gasteiger partial charge in [0.05, 0.1) is 4.88 Å². The molecule has 0 spiro atoms. The molecule has 2 aromatic rings. The zero-order valence-electron chi connectivity index (χ0n) is 10.1. The van der Waals surface area contributed by atoms with E-state index < -0.39 is 0 Å². The molecule has 0 saturated heterocycles. The van der Waals surface area contributed by atoms with Gasteiger partial charge in [-0.1, -0.05) is 31.5 Å². The number of carbonyl (C=O) groups is 1. The highest BCUT2D eigenvalue weighted by atomic mass is 32.1. The third kappa shape index (κ3) is 1.93. The molecule has 4 heteroatoms. The van der Waals surface area contributed by atoms with E-state index >= 15 is 0 Å². The van der Waals surface area contributed by atoms with Crippen molar-refractivity contribution >= 4 is 33.3 Å². The molecule has 2 heterocycles. The first-order chi connectivity index (χ1) is 8.78. The number of ether oxygens (including phenoxy) is 1. The van der Waals surface area contributed by atoms with Crippen LogP contribution in [0.5, 0.6) is 0 Å². The molecule has 1 aliphatic rings. The smallest absolute Gasteiger partial charge is 0.337 e. The minimum atomic E-state index is -0.310. The largest absolute Gasteiger partial charge is 0.405 e. The lowest BCUT2D eigenvalue weighted by atomic mass is 10.2. The van der Waals surface area contributed by atoms with Gasteiger partial charge in [-0.2, -0.15) is 0 Å². The highest BCUT2D eigenvalue weighted by Crippen LogP contribution is 2.28. The van der Waals surface area contributed by atoms with Crippen molar-refractivity contribution in [3.8, 4) is 0 Å². The summed E-state index contributed by atoms with van der Waals surface area (Å²) in [6.45, 7) is 2.04. The summed E-state index contributed by atoms with van der Waals surface area (Å²) in [5.74, 6) is 0.268. The summed E-state index contributed by atoms with van der Waals surface area (Å²) < 4.78 is 6.45. The van der Waals surface area contributed by atoms with Crippen molar-refractivity contribution < 1.29 is 9.53 Å². The molecule has 92 valence electrons. The number of fused-ring (bicyclic) bond motifs is 1. The van der Waals surface area contributed by atoms with Crippen molar-refractivity contribution in [1.29, 1.82) is 0 Å². The van der Waals surface area contributed by atoms with E-state index in [1.54, 1.807) is 11.3 Å². The maximum atomic E-state index is 11.6. The molecule has 3 nitrogen and oxygen atoms in total. The number of benzene rings is 1. The Morgan fingerprint density at radius 2 is 2.22 bits per heavy atom. The molecule has 3 rings (SSSR count). The van der Waals surface area contributed by atoms with Gasteiger partial charge in [0.1, 0.15) is 0 Å². The van der Waals surface area contributed by atoms with E-state index in [0.29, 0.717) is 5.90 Å². The van der Waals surface area contributed by atoms with Gasteiger partial charge in [-0.3, -0.25) is 0 Å². The van der Waals surface area contributed by atoms with Crippen LogP contribution in [0.3, 0.4) is 0 Å². The predicted molar refractivity (Wildman–Crippen MR) is 73.2 cm³/mol. The zero-order valence-corrected chi connectivity index (χ0v) is 10.9. The Morgan fingerprint density at radius 1 is 1.39 bits per heavy atom. The second-order valence-electron chi connectivity index (χ2n) is 4.31. The SMILES string of the molecule is CCCC1N=C(c2cc3ccccc3s2)OC1=O. The lowest BCUT2D eigenvalue weighted by molar-refractivity contribution is -0.135. The van der Waals surface area contributed by atoms with Crippen LogP contribution in [-0.4, -0.2) is 17.9 Å². The molecule has 0 amide bonds. The van der Waals surface area contributed by atoms with Gasteiger partial charge in [-0.25, -0.2) is 9.79 Å². The van der Waals surface area contributed by atoms with Gasteiger partial charge in [0.15, 0.2) is 6.04 Å². The maximum absolute atomic E-state index is 11.6. The van der Waals surface area contributed by atoms with Crippen molar-refractivity contribution in [3.05, 3.63) is 35.2 Å². The third-order valence-corrected chi connectivity index (χ3v) is 4.04. The first-order valence-corrected chi connectivity index (χ1v) is 6.88. The molecule has 0 radical (unpaired) electrons. The summed E-state index contributed by atoms with van der Waals surface area (Å²) in [6, 6.07) is 9.84. The van der Waals surface area contributed by atoms with Gasteiger partial charge in [0.25, 0.3) is 0 Å². The average molecular weight is 259 g/mol. The van der Waals surface area contributed by atoms with Crippen LogP contribution in [0.1, 0.15) is 24.6 Å². The molecular weight excluding hydrogens is 246 g/mol. The Hall–Kier alpha value is -1.68. The molecule has 18 heavy (non-hydrogen) atoms. The minimum absolute atomic E-state index is 0.218. The Balaban J connectivity index is 1.95. The lowest BCUT2D eigenvalue weighted by Gasteiger charge is -1.97. The Morgan fingerprint density at radius 3 is 3.00 bits per heavy atom. The van der Waals surface area contributed by atoms with E-state index in [1.807, 2.05) is 25.1 Å². The average Bonchev–Trinajstić information content (AvgIpc) is 2.94. The van der Waals surface area contributed by atoms with Crippen molar-refractivity contribution in [2.75, 3.05) is 0 Å². The fraction of sp³-hybridized carbons (Fsp3) is 0.286. The number of nitrogens with zero attached hydrogens (tertiary/aromatic N) is 1. The Labute approximate surface area is 109 Å². The molecule has 1 atom stereocenters. The quantitative estimate of drug-likeness (QED) is 0.793. The number of rotatable bonds is 3. The second kappa shape index (κ2) is 4.53. The van der Waals surface area contributed by atoms with Gasteiger partial charge in [0.2, 0.25) is 5.90 Å². The van der Waals surface area contributed by atoms with E-state index in [0.717, 1.165) is 23.1 Å². The summed E-state index contributed by atoms with van der Waals surface area (Å²) in [5, 5.41) is 1.16. The van der Waals surface area contributed by atoms with Crippen LogP contribution in [0, 0.1) is 0 Å². The lowest BCUT2D eigenvalue weighted by Crippen LogP contribution is -2.14. The van der Waals surface area contributed by atoms with Crippen LogP contribution in [0.25, 0.3) is 10.1 Å². The Kier molecular flexibility index (Phi) is 2.88. The fourth-order valence-corrected chi connectivity index (χ4v) is 3.04. The topological polar surface area (TPSA) is 38.7 Å². The fourth-order valence-electron chi connectivity index (χ4n) is 2.04. The van der Waals surface area contributed by atoms with Crippen molar-refractivity contribution in [2.45, 2.75) is 25.8 Å². The summed E-state index contributed by atoms with van der Waals surface area (Å²) in [6.07, 6.45) is 1.69. The molecule has 1 aliphatic heterocycles. The first kappa shape index (κ1) is 11.4.